The van der Waals surface area contributed by atoms with Crippen LogP contribution in [0.25, 0.3) is 0 Å². The Morgan fingerprint density at radius 3 is 0.874 bits per heavy atom. The Bertz CT molecular complexity index is 4520. The van der Waals surface area contributed by atoms with Crippen LogP contribution in [0.4, 0.5) is 92.2 Å². The first-order chi connectivity index (χ1) is 58.7. The van der Waals surface area contributed by atoms with Gasteiger partial charge in [0, 0.05) is 85.1 Å². The van der Waals surface area contributed by atoms with E-state index in [0.29, 0.717) is 187 Å². The summed E-state index contributed by atoms with van der Waals surface area (Å²) in [7, 11) is 2.04. The van der Waals surface area contributed by atoms with Crippen molar-refractivity contribution in [1.82, 2.24) is 24.5 Å². The van der Waals surface area contributed by atoms with Gasteiger partial charge in [0.2, 0.25) is 0 Å². The first kappa shape index (κ1) is 111. The van der Waals surface area contributed by atoms with Gasteiger partial charge in [-0.2, -0.15) is 92.2 Å². The summed E-state index contributed by atoms with van der Waals surface area (Å²) in [4.78, 5) is 10.4. The minimum Gasteiger partial charge on any atom is -0.396 e. The summed E-state index contributed by atoms with van der Waals surface area (Å²) in [6.45, 7) is 26.4. The van der Waals surface area contributed by atoms with Crippen LogP contribution in [0.1, 0.15) is 188 Å². The fraction of sp³-hybridized carbons (Fsp3) is 0.538. The molecule has 8 nitrogen and oxygen atoms in total. The average Bonchev–Trinajstić information content (AvgIpc) is 1.73. The van der Waals surface area contributed by atoms with E-state index in [2.05, 4.69) is 14.7 Å². The average molecular weight is 1970 g/mol. The summed E-state index contributed by atoms with van der Waals surface area (Å²) in [6.07, 6.45) is -20.7. The van der Waals surface area contributed by atoms with Crippen LogP contribution in [0.3, 0.4) is 0 Å². The molecule has 0 radical (unpaired) electrons. The van der Waals surface area contributed by atoms with Gasteiger partial charge in [0.15, 0.2) is 0 Å². The second kappa shape index (κ2) is 48.6. The predicted molar refractivity (Wildman–Crippen MR) is 462 cm³/mol. The van der Waals surface area contributed by atoms with Crippen molar-refractivity contribution in [1.29, 1.82) is 0 Å². The number of likely N-dealkylation sites (N-methyl/N-ethyl adjacent to an activating group) is 1. The van der Waals surface area contributed by atoms with E-state index in [1.807, 2.05) is 30.7 Å². The van der Waals surface area contributed by atoms with E-state index >= 15 is 0 Å². The molecule has 0 amide bonds. The number of hydrogen-bond acceptors (Lipinski definition) is 8. The van der Waals surface area contributed by atoms with Gasteiger partial charge in [0.05, 0.1) is 93.4 Å². The lowest BCUT2D eigenvalue weighted by atomic mass is 9.98. The van der Waals surface area contributed by atoms with Crippen LogP contribution in [0, 0.1) is 60.3 Å². The Labute approximate surface area is 764 Å². The van der Waals surface area contributed by atoms with E-state index in [1.165, 1.54) is 19.3 Å². The van der Waals surface area contributed by atoms with Gasteiger partial charge in [-0.3, -0.25) is 19.6 Å². The number of alkyl halides is 21. The number of benzene rings is 7. The molecule has 5 fully saturated rings. The molecule has 1 aliphatic carbocycles. The number of β-amino-alcohol motifs (C(OH)–C–C–N with tert-alkyl or cyclic N) is 1. The third kappa shape index (κ3) is 36.3. The third-order valence-electron chi connectivity index (χ3n) is 21.2. The molecule has 0 spiro atoms. The van der Waals surface area contributed by atoms with E-state index in [4.69, 9.17) is 96.2 Å². The molecule has 0 bridgehead atoms. The monoisotopic (exact) mass is 1960 g/mol. The van der Waals surface area contributed by atoms with Gasteiger partial charge in [0.25, 0.3) is 0 Å². The van der Waals surface area contributed by atoms with Crippen molar-refractivity contribution >= 4 is 81.2 Å². The van der Waals surface area contributed by atoms with Crippen LogP contribution < -0.4 is 0 Å². The van der Waals surface area contributed by atoms with Crippen molar-refractivity contribution in [3.05, 3.63) is 237 Å². The van der Waals surface area contributed by atoms with Crippen LogP contribution >= 0.6 is 81.2 Å². The number of rotatable bonds is 18. The largest absolute Gasteiger partial charge is 0.417 e. The molecule has 2 N–H and O–H groups in total. The van der Waals surface area contributed by atoms with Crippen LogP contribution in [0.2, 0.25) is 35.2 Å². The number of hydrogen-bond donors (Lipinski definition) is 2. The van der Waals surface area contributed by atoms with Gasteiger partial charge >= 0.3 is 43.2 Å². The second-order valence-corrected chi connectivity index (χ2v) is 35.9. The zero-order valence-electron chi connectivity index (χ0n) is 71.9. The molecule has 5 aliphatic rings. The van der Waals surface area contributed by atoms with Crippen LogP contribution in [0.15, 0.2) is 84.9 Å². The quantitative estimate of drug-likeness (QED) is 0.0651. The fourth-order valence-corrected chi connectivity index (χ4v) is 16.5. The number of aryl methyl sites for hydroxylation is 10. The number of morpholine rings is 1. The zero-order valence-corrected chi connectivity index (χ0v) is 77.2. The number of piperazine rings is 1. The Morgan fingerprint density at radius 2 is 0.598 bits per heavy atom. The minimum absolute atomic E-state index is 0.0373. The van der Waals surface area contributed by atoms with Crippen molar-refractivity contribution in [2.75, 3.05) is 92.3 Å². The van der Waals surface area contributed by atoms with E-state index < -0.39 is 82.2 Å². The Balaban J connectivity index is 0.000000229. The fourth-order valence-electron chi connectivity index (χ4n) is 14.5. The molecule has 1 saturated carbocycles. The van der Waals surface area contributed by atoms with Gasteiger partial charge in [-0.05, 0) is 220 Å². The normalized spacial score (nSPS) is 16.2. The lowest BCUT2D eigenvalue weighted by molar-refractivity contribution is -0.138. The van der Waals surface area contributed by atoms with Gasteiger partial charge in [0.1, 0.15) is 0 Å². The Hall–Kier alpha value is -5.22. The summed E-state index contributed by atoms with van der Waals surface area (Å²) in [6, 6.07) is 19.7. The first-order valence-electron chi connectivity index (χ1n) is 41.2. The third-order valence-corrected chi connectivity index (χ3v) is 24.3. The van der Waals surface area contributed by atoms with Crippen molar-refractivity contribution in [3.8, 4) is 0 Å². The lowest BCUT2D eigenvalue weighted by Gasteiger charge is -2.36. The maximum Gasteiger partial charge on any atom is 0.417 e. The smallest absolute Gasteiger partial charge is 0.396 e. The first-order valence-corrected chi connectivity index (χ1v) is 43.9. The highest BCUT2D eigenvalue weighted by Gasteiger charge is 2.41. The number of nitrogens with zero attached hydrogens (tertiary/aromatic N) is 5. The van der Waals surface area contributed by atoms with Crippen LogP contribution in [-0.4, -0.2) is 133 Å². The highest BCUT2D eigenvalue weighted by Crippen LogP contribution is 2.46. The standard InChI is InChI=1S/C14H18ClF3N2.C14H17ClF3N.C13H15ClF3NO.C13H14ClF3.C13H16ClF3.C12H13ClF3NO.C12H14ClF3O/c1-10-7-11(9-20-5-3-19(2)4-6-20)13(15)12(8-10)14(16,17)18;1-10-7-11(9-19-5-3-2-4-6-19)13(15)12(8-10)14(16,17)18;1-9-6-10(8-18-2-4-19-5-3-18)12(14)11(7-9)13(15,16)17;1-8-6-10(5-4-9-2-3-9)12(14)11(7-8)13(15,16)17;1-8(2)4-5-10-6-9(3)7-11(12(10)14)13(15,16)17;1-7-2-8(4-17-5-9(18)6-17)11(13)10(3-7)12(14,15)16;1-8-6-9(4-2-3-5-17)11(13)10(7-8)12(14,15)16/h7-8H,3-6,9H2,1-2H3;7-8H,2-6,9H2,1H3;6-7H,2-5,8H2,1H3;6-7,9H,2-5H2,1H3;6-8H,4-5H2,1-3H3;2-3,9,18H,4-6H2,1H3;6-7,17H,2-5H2,1H3. The molecule has 7 aromatic carbocycles. The van der Waals surface area contributed by atoms with Crippen LogP contribution in [-0.2, 0) is 93.4 Å². The molecule has 7 aromatic rings. The molecular formula is C91H107Cl7F21N5O3. The number of piperidine rings is 1. The molecule has 4 heterocycles. The highest BCUT2D eigenvalue weighted by molar-refractivity contribution is 6.34. The molecule has 127 heavy (non-hydrogen) atoms. The Kier molecular flexibility index (Phi) is 42.3. The number of likely N-dealkylation sites (tertiary alicyclic amines) is 2. The van der Waals surface area contributed by atoms with Gasteiger partial charge in [-0.15, -0.1) is 0 Å². The highest BCUT2D eigenvalue weighted by atomic mass is 35.5. The summed E-state index contributed by atoms with van der Waals surface area (Å²) in [5.74, 6) is 1.14. The maximum absolute atomic E-state index is 12.9. The molecule has 0 atom stereocenters. The van der Waals surface area contributed by atoms with Crippen molar-refractivity contribution in [2.24, 2.45) is 11.8 Å². The van der Waals surface area contributed by atoms with Crippen molar-refractivity contribution in [2.45, 2.75) is 215 Å². The Morgan fingerprint density at radius 1 is 0.339 bits per heavy atom. The summed E-state index contributed by atoms with van der Waals surface area (Å²) >= 11 is 41.1. The second-order valence-electron chi connectivity index (χ2n) is 33.2. The summed E-state index contributed by atoms with van der Waals surface area (Å²) in [5.41, 5.74) is 2.67. The molecular weight excluding hydrogens is 1860 g/mol. The van der Waals surface area contributed by atoms with Gasteiger partial charge in [-0.25, -0.2) is 0 Å². The maximum atomic E-state index is 12.9. The molecule has 4 saturated heterocycles. The van der Waals surface area contributed by atoms with Crippen molar-refractivity contribution in [3.63, 3.8) is 0 Å². The molecule has 12 rings (SSSR count). The van der Waals surface area contributed by atoms with Crippen molar-refractivity contribution < 1.29 is 107 Å². The van der Waals surface area contributed by atoms with E-state index in [9.17, 15) is 92.2 Å². The van der Waals surface area contributed by atoms with E-state index in [0.717, 1.165) is 107 Å². The number of ether oxygens (including phenoxy) is 1. The number of halogens is 28. The van der Waals surface area contributed by atoms with Gasteiger partial charge in [-0.1, -0.05) is 196 Å². The molecule has 710 valence electrons. The molecule has 0 unspecified atom stereocenters. The topological polar surface area (TPSA) is 65.9 Å². The van der Waals surface area contributed by atoms with E-state index in [1.54, 1.807) is 90.9 Å². The number of aliphatic hydroxyl groups is 2. The zero-order chi connectivity index (χ0) is 95.4. The molecule has 4 aliphatic heterocycles. The molecule has 0 aromatic heterocycles. The minimum atomic E-state index is -4.44. The number of aliphatic hydroxyl groups excluding tert-OH is 2. The van der Waals surface area contributed by atoms with Crippen LogP contribution in [0.5, 0.6) is 0 Å². The molecule has 36 heteroatoms. The summed E-state index contributed by atoms with van der Waals surface area (Å²) in [5, 5.41) is 16.6. The SMILES string of the molecule is Cc1cc(CCC(C)C)c(Cl)c(C(F)(F)F)c1.Cc1cc(CCC2CC2)c(Cl)c(C(F)(F)F)c1.Cc1cc(CCCCO)c(Cl)c(C(F)(F)F)c1.Cc1cc(CN2CC(O)C2)c(Cl)c(C(F)(F)F)c1.Cc1cc(CN2CCCCC2)c(Cl)c(C(F)(F)F)c1.Cc1cc(CN2CCN(C)CC2)c(Cl)c(C(F)(F)F)c1.Cc1cc(CN2CCOCC2)c(Cl)c(C(F)(F)F)c1. The lowest BCUT2D eigenvalue weighted by Crippen LogP contribution is -2.49. The van der Waals surface area contributed by atoms with E-state index in [-0.39, 0.29) is 47.9 Å². The summed E-state index contributed by atoms with van der Waals surface area (Å²) < 4.78 is 274. The number of unbranched alkanes of at least 4 members (excludes halogenated alkanes) is 1. The van der Waals surface area contributed by atoms with Gasteiger partial charge < -0.3 is 19.8 Å². The predicted octanol–water partition coefficient (Wildman–Crippen LogP) is 28.7.